The molecule has 2 fully saturated rings. The highest BCUT2D eigenvalue weighted by molar-refractivity contribution is 5.08. The second-order valence-electron chi connectivity index (χ2n) is 3.63. The molecule has 0 N–H and O–H groups in total. The maximum absolute atomic E-state index is 5.42. The lowest BCUT2D eigenvalue weighted by molar-refractivity contribution is -0.00906. The maximum Gasteiger partial charge on any atom is 0.0652 e. The normalized spacial score (nSPS) is 29.9. The molecular formula is C12H21NO. The van der Waals surface area contributed by atoms with E-state index in [0.717, 1.165) is 19.8 Å². The fourth-order valence-electron chi connectivity index (χ4n) is 2.05. The molecule has 0 aromatic carbocycles. The molecule has 2 rings (SSSR count). The Hall–Kier alpha value is -0.520. The third-order valence-electron chi connectivity index (χ3n) is 3.05. The zero-order chi connectivity index (χ0) is 10.4. The van der Waals surface area contributed by atoms with Crippen molar-refractivity contribution in [3.63, 3.8) is 0 Å². The van der Waals surface area contributed by atoms with Gasteiger partial charge >= 0.3 is 0 Å². The molecule has 80 valence electrons. The van der Waals surface area contributed by atoms with E-state index in [2.05, 4.69) is 16.7 Å². The van der Waals surface area contributed by atoms with Gasteiger partial charge in [0, 0.05) is 18.7 Å². The highest BCUT2D eigenvalue weighted by atomic mass is 16.5. The number of hydrogen-bond acceptors (Lipinski definition) is 2. The van der Waals surface area contributed by atoms with Crippen molar-refractivity contribution in [3.05, 3.63) is 0 Å². The summed E-state index contributed by atoms with van der Waals surface area (Å²) < 4.78 is 5.42. The van der Waals surface area contributed by atoms with Crippen molar-refractivity contribution in [2.24, 2.45) is 0 Å². The number of likely N-dealkylation sites (tertiary alicyclic amines) is 1. The first-order valence-corrected chi connectivity index (χ1v) is 5.60. The van der Waals surface area contributed by atoms with E-state index in [-0.39, 0.29) is 0 Å². The van der Waals surface area contributed by atoms with Crippen LogP contribution in [0.2, 0.25) is 0 Å². The van der Waals surface area contributed by atoms with Crippen LogP contribution < -0.4 is 0 Å². The van der Waals surface area contributed by atoms with Gasteiger partial charge in [-0.05, 0) is 19.8 Å². The van der Waals surface area contributed by atoms with Crippen LogP contribution in [-0.4, -0.2) is 36.7 Å². The molecule has 2 heterocycles. The second kappa shape index (κ2) is 5.38. The molecule has 2 nitrogen and oxygen atoms in total. The van der Waals surface area contributed by atoms with Gasteiger partial charge in [-0.25, -0.2) is 0 Å². The number of hydrogen-bond donors (Lipinski definition) is 0. The molecule has 2 aliphatic rings. The van der Waals surface area contributed by atoms with Crippen molar-refractivity contribution in [1.29, 1.82) is 0 Å². The van der Waals surface area contributed by atoms with Gasteiger partial charge in [-0.3, -0.25) is 4.90 Å². The minimum Gasteiger partial charge on any atom is -0.379 e. The largest absolute Gasteiger partial charge is 0.379 e. The minimum absolute atomic E-state index is 0.393. The second-order valence-corrected chi connectivity index (χ2v) is 3.63. The molecule has 2 heteroatoms. The Morgan fingerprint density at radius 1 is 1.36 bits per heavy atom. The zero-order valence-electron chi connectivity index (χ0n) is 9.60. The zero-order valence-corrected chi connectivity index (χ0v) is 9.60. The minimum atomic E-state index is 0.393. The van der Waals surface area contributed by atoms with Gasteiger partial charge in [-0.2, -0.15) is 0 Å². The van der Waals surface area contributed by atoms with Crippen LogP contribution in [0.1, 0.15) is 33.6 Å². The Labute approximate surface area is 87.6 Å². The van der Waals surface area contributed by atoms with Crippen molar-refractivity contribution >= 4 is 0 Å². The van der Waals surface area contributed by atoms with E-state index in [1.807, 2.05) is 20.8 Å². The third kappa shape index (κ3) is 2.10. The van der Waals surface area contributed by atoms with Crippen molar-refractivity contribution in [2.75, 3.05) is 26.3 Å². The monoisotopic (exact) mass is 195 g/mol. The van der Waals surface area contributed by atoms with Crippen LogP contribution in [-0.2, 0) is 4.74 Å². The van der Waals surface area contributed by atoms with Gasteiger partial charge in [0.15, 0.2) is 0 Å². The maximum atomic E-state index is 5.42. The standard InChI is InChI=1S/C10H15NO.C2H6/c1-2-3-6-11-7-4-10(11)5-8-12-9-10;1-2/h4-9H2,1H3;1-2H3. The van der Waals surface area contributed by atoms with E-state index < -0.39 is 0 Å². The Kier molecular flexibility index (Phi) is 4.44. The van der Waals surface area contributed by atoms with Gasteiger partial charge in [0.2, 0.25) is 0 Å². The number of nitrogens with zero attached hydrogens (tertiary/aromatic N) is 1. The average molecular weight is 195 g/mol. The summed E-state index contributed by atoms with van der Waals surface area (Å²) in [6.45, 7) is 9.91. The highest BCUT2D eigenvalue weighted by Gasteiger charge is 2.46. The van der Waals surface area contributed by atoms with Crippen LogP contribution in [0.3, 0.4) is 0 Å². The Balaban J connectivity index is 0.000000461. The molecule has 0 saturated carbocycles. The van der Waals surface area contributed by atoms with Gasteiger partial charge in [0.1, 0.15) is 0 Å². The van der Waals surface area contributed by atoms with Crippen molar-refractivity contribution in [1.82, 2.24) is 4.90 Å². The summed E-state index contributed by atoms with van der Waals surface area (Å²) in [7, 11) is 0. The first-order chi connectivity index (χ1) is 6.87. The van der Waals surface area contributed by atoms with E-state index in [1.54, 1.807) is 0 Å². The molecule has 0 aromatic rings. The summed E-state index contributed by atoms with van der Waals surface area (Å²) in [4.78, 5) is 2.45. The predicted molar refractivity (Wildman–Crippen MR) is 59.2 cm³/mol. The van der Waals surface area contributed by atoms with E-state index >= 15 is 0 Å². The van der Waals surface area contributed by atoms with Crippen LogP contribution in [0.5, 0.6) is 0 Å². The summed E-state index contributed by atoms with van der Waals surface area (Å²) in [6.07, 6.45) is 2.51. The summed E-state index contributed by atoms with van der Waals surface area (Å²) in [5, 5.41) is 0. The topological polar surface area (TPSA) is 12.5 Å². The molecule has 0 amide bonds. The smallest absolute Gasteiger partial charge is 0.0652 e. The summed E-state index contributed by atoms with van der Waals surface area (Å²) in [5.41, 5.74) is 0.393. The van der Waals surface area contributed by atoms with Crippen LogP contribution in [0.25, 0.3) is 0 Å². The fraction of sp³-hybridized carbons (Fsp3) is 0.833. The van der Waals surface area contributed by atoms with Crippen molar-refractivity contribution in [2.45, 2.75) is 39.2 Å². The molecular weight excluding hydrogens is 174 g/mol. The summed E-state index contributed by atoms with van der Waals surface area (Å²) in [6, 6.07) is 0. The van der Waals surface area contributed by atoms with Crippen LogP contribution in [0.15, 0.2) is 0 Å². The molecule has 1 unspecified atom stereocenters. The van der Waals surface area contributed by atoms with Gasteiger partial charge < -0.3 is 4.74 Å². The molecule has 14 heavy (non-hydrogen) atoms. The first-order valence-electron chi connectivity index (χ1n) is 5.60. The van der Waals surface area contributed by atoms with Crippen LogP contribution >= 0.6 is 0 Å². The van der Waals surface area contributed by atoms with Crippen molar-refractivity contribution in [3.8, 4) is 11.8 Å². The van der Waals surface area contributed by atoms with E-state index in [0.29, 0.717) is 5.54 Å². The predicted octanol–water partition coefficient (Wildman–Crippen LogP) is 1.90. The first kappa shape index (κ1) is 11.6. The van der Waals surface area contributed by atoms with Gasteiger partial charge in [0.25, 0.3) is 0 Å². The van der Waals surface area contributed by atoms with E-state index in [1.165, 1.54) is 19.4 Å². The summed E-state index contributed by atoms with van der Waals surface area (Å²) in [5.74, 6) is 6.06. The molecule has 0 aromatic heterocycles. The number of rotatable bonds is 1. The molecule has 0 aliphatic carbocycles. The Bertz CT molecular complexity index is 220. The van der Waals surface area contributed by atoms with Crippen LogP contribution in [0.4, 0.5) is 0 Å². The average Bonchev–Trinajstić information content (AvgIpc) is 2.71. The molecule has 2 aliphatic heterocycles. The van der Waals surface area contributed by atoms with Gasteiger partial charge in [-0.15, -0.1) is 5.92 Å². The molecule has 1 spiro atoms. The summed E-state index contributed by atoms with van der Waals surface area (Å²) >= 11 is 0. The van der Waals surface area contributed by atoms with E-state index in [4.69, 9.17) is 4.74 Å². The van der Waals surface area contributed by atoms with Crippen molar-refractivity contribution < 1.29 is 4.74 Å². The molecule has 2 saturated heterocycles. The molecule has 0 bridgehead atoms. The Morgan fingerprint density at radius 3 is 2.57 bits per heavy atom. The molecule has 1 atom stereocenters. The molecule has 0 radical (unpaired) electrons. The van der Waals surface area contributed by atoms with Gasteiger partial charge in [-0.1, -0.05) is 19.8 Å². The van der Waals surface area contributed by atoms with E-state index in [9.17, 15) is 0 Å². The van der Waals surface area contributed by atoms with Crippen LogP contribution in [0, 0.1) is 11.8 Å². The quantitative estimate of drug-likeness (QED) is 0.593. The fourth-order valence-corrected chi connectivity index (χ4v) is 2.05. The lowest BCUT2D eigenvalue weighted by Gasteiger charge is -2.48. The number of ether oxygens (including phenoxy) is 1. The lowest BCUT2D eigenvalue weighted by Crippen LogP contribution is -2.60. The SMILES string of the molecule is CC.CC#CCN1CCC12CCOC2. The lowest BCUT2D eigenvalue weighted by atomic mass is 9.84. The third-order valence-corrected chi connectivity index (χ3v) is 3.05. The highest BCUT2D eigenvalue weighted by Crippen LogP contribution is 2.37. The Morgan fingerprint density at radius 2 is 2.14 bits per heavy atom. The van der Waals surface area contributed by atoms with Gasteiger partial charge in [0.05, 0.1) is 13.2 Å².